The lowest BCUT2D eigenvalue weighted by Gasteiger charge is -2.34. The molecule has 1 aliphatic rings. The van der Waals surface area contributed by atoms with Gasteiger partial charge in [-0.3, -0.25) is 4.72 Å². The van der Waals surface area contributed by atoms with E-state index >= 15 is 0 Å². The van der Waals surface area contributed by atoms with E-state index in [0.29, 0.717) is 5.92 Å². The molecule has 1 N–H and O–H groups in total. The maximum Gasteiger partial charge on any atom is 0.263 e. The van der Waals surface area contributed by atoms with E-state index in [4.69, 9.17) is 0 Å². The summed E-state index contributed by atoms with van der Waals surface area (Å²) in [4.78, 5) is 4.77. The second-order valence-corrected chi connectivity index (χ2v) is 8.71. The molecule has 0 unspecified atom stereocenters. The van der Waals surface area contributed by atoms with E-state index in [1.165, 1.54) is 0 Å². The van der Waals surface area contributed by atoms with Crippen molar-refractivity contribution in [3.63, 3.8) is 0 Å². The average Bonchev–Trinajstić information content (AvgIpc) is 2.68. The number of nitrogens with one attached hydrogen (secondary N) is 1. The minimum absolute atomic E-state index is 0.216. The lowest BCUT2D eigenvalue weighted by molar-refractivity contribution is 0.270. The first kappa shape index (κ1) is 19.6. The minimum atomic E-state index is -3.68. The van der Waals surface area contributed by atoms with E-state index in [1.807, 2.05) is 18.2 Å². The lowest BCUT2D eigenvalue weighted by Crippen LogP contribution is -2.46. The summed E-state index contributed by atoms with van der Waals surface area (Å²) < 4.78 is 27.6. The minimum Gasteiger partial charge on any atom is -0.353 e. The number of likely N-dealkylation sites (N-methyl/N-ethyl adjacent to an activating group) is 1. The first-order valence-corrected chi connectivity index (χ1v) is 10.8. The maximum absolute atomic E-state index is 12.5. The van der Waals surface area contributed by atoms with Crippen LogP contribution in [0.5, 0.6) is 0 Å². The van der Waals surface area contributed by atoms with Crippen LogP contribution in [0.3, 0.4) is 0 Å². The summed E-state index contributed by atoms with van der Waals surface area (Å²) >= 11 is 0. The fraction of sp³-hybridized carbons (Fsp3) is 0.474. The molecule has 0 bridgehead atoms. The fourth-order valence-corrected chi connectivity index (χ4v) is 4.07. The summed E-state index contributed by atoms with van der Waals surface area (Å²) in [6.07, 6.45) is 0. The molecular weight excluding hydrogens is 362 g/mol. The highest BCUT2D eigenvalue weighted by molar-refractivity contribution is 7.92. The molecule has 1 saturated heterocycles. The topological polar surface area (TPSA) is 78.4 Å². The first-order chi connectivity index (χ1) is 12.9. The second-order valence-electron chi connectivity index (χ2n) is 7.03. The lowest BCUT2D eigenvalue weighted by atomic mass is 10.0. The van der Waals surface area contributed by atoms with Crippen molar-refractivity contribution < 1.29 is 8.42 Å². The summed E-state index contributed by atoms with van der Waals surface area (Å²) in [6.45, 7) is 11.1. The predicted octanol–water partition coefficient (Wildman–Crippen LogP) is 2.54. The van der Waals surface area contributed by atoms with E-state index in [1.54, 1.807) is 18.2 Å². The van der Waals surface area contributed by atoms with Gasteiger partial charge in [0.05, 0.1) is 4.90 Å². The zero-order chi connectivity index (χ0) is 19.4. The molecule has 1 aliphatic heterocycles. The van der Waals surface area contributed by atoms with Crippen LogP contribution in [0.25, 0.3) is 0 Å². The number of piperazine rings is 1. The maximum atomic E-state index is 12.5. The molecule has 27 heavy (non-hydrogen) atoms. The Hall–Kier alpha value is -2.19. The predicted molar refractivity (Wildman–Crippen MR) is 108 cm³/mol. The Labute approximate surface area is 161 Å². The van der Waals surface area contributed by atoms with Gasteiger partial charge < -0.3 is 9.80 Å². The summed E-state index contributed by atoms with van der Waals surface area (Å²) in [5.41, 5.74) is 1.10. The third kappa shape index (κ3) is 4.75. The van der Waals surface area contributed by atoms with Gasteiger partial charge >= 0.3 is 0 Å². The second kappa shape index (κ2) is 8.22. The van der Waals surface area contributed by atoms with Gasteiger partial charge in [0.15, 0.2) is 11.6 Å². The Morgan fingerprint density at radius 3 is 2.19 bits per heavy atom. The largest absolute Gasteiger partial charge is 0.353 e. The number of aromatic nitrogens is 2. The van der Waals surface area contributed by atoms with E-state index in [2.05, 4.69) is 45.5 Å². The average molecular weight is 390 g/mol. The molecule has 1 aromatic carbocycles. The Bertz CT molecular complexity index is 843. The molecule has 1 fully saturated rings. The van der Waals surface area contributed by atoms with E-state index in [0.717, 1.165) is 44.1 Å². The van der Waals surface area contributed by atoms with Crippen LogP contribution >= 0.6 is 0 Å². The van der Waals surface area contributed by atoms with E-state index in [9.17, 15) is 8.42 Å². The summed E-state index contributed by atoms with van der Waals surface area (Å²) in [6, 6.07) is 10.4. The van der Waals surface area contributed by atoms with E-state index in [-0.39, 0.29) is 10.7 Å². The summed E-state index contributed by atoms with van der Waals surface area (Å²) in [5, 5.41) is 8.25. The van der Waals surface area contributed by atoms with Crippen LogP contribution in [0.4, 0.5) is 11.6 Å². The Morgan fingerprint density at radius 2 is 1.67 bits per heavy atom. The number of benzene rings is 1. The van der Waals surface area contributed by atoms with Gasteiger partial charge in [-0.05, 0) is 42.3 Å². The van der Waals surface area contributed by atoms with Crippen molar-refractivity contribution in [1.29, 1.82) is 0 Å². The number of nitrogens with zero attached hydrogens (tertiary/aromatic N) is 4. The van der Waals surface area contributed by atoms with Crippen molar-refractivity contribution >= 4 is 21.7 Å². The van der Waals surface area contributed by atoms with Gasteiger partial charge in [0, 0.05) is 26.2 Å². The molecule has 2 aromatic rings. The van der Waals surface area contributed by atoms with Crippen LogP contribution in [0.15, 0.2) is 41.3 Å². The zero-order valence-corrected chi connectivity index (χ0v) is 16.9. The van der Waals surface area contributed by atoms with Gasteiger partial charge in [-0.15, -0.1) is 10.2 Å². The fourth-order valence-electron chi connectivity index (χ4n) is 3.07. The monoisotopic (exact) mass is 389 g/mol. The quantitative estimate of drug-likeness (QED) is 0.818. The number of sulfonamides is 1. The van der Waals surface area contributed by atoms with Crippen molar-refractivity contribution in [3.8, 4) is 0 Å². The Kier molecular flexibility index (Phi) is 5.96. The van der Waals surface area contributed by atoms with Crippen molar-refractivity contribution in [3.05, 3.63) is 42.0 Å². The van der Waals surface area contributed by atoms with Crippen LogP contribution in [-0.2, 0) is 10.0 Å². The molecule has 146 valence electrons. The number of anilines is 2. The molecule has 0 atom stereocenters. The Balaban J connectivity index is 1.66. The van der Waals surface area contributed by atoms with Crippen molar-refractivity contribution in [2.24, 2.45) is 0 Å². The zero-order valence-electron chi connectivity index (χ0n) is 16.1. The standard InChI is InChI=1S/C19H27N5O2S/c1-4-23-11-13-24(14-12-23)19-10-9-18(20-21-19)22-27(25,26)17-7-5-16(6-8-17)15(2)3/h5-10,15H,4,11-14H2,1-3H3,(H,20,22). The SMILES string of the molecule is CCN1CCN(c2ccc(NS(=O)(=O)c3ccc(C(C)C)cc3)nn2)CC1. The van der Waals surface area contributed by atoms with Gasteiger partial charge in [0.25, 0.3) is 10.0 Å². The van der Waals surface area contributed by atoms with Gasteiger partial charge in [0.1, 0.15) is 0 Å². The first-order valence-electron chi connectivity index (χ1n) is 9.33. The molecule has 0 spiro atoms. The van der Waals surface area contributed by atoms with Gasteiger partial charge in [-0.1, -0.05) is 32.9 Å². The number of hydrogen-bond acceptors (Lipinski definition) is 6. The third-order valence-corrected chi connectivity index (χ3v) is 6.26. The van der Waals surface area contributed by atoms with Crippen molar-refractivity contribution in [1.82, 2.24) is 15.1 Å². The van der Waals surface area contributed by atoms with Crippen LogP contribution in [0, 0.1) is 0 Å². The molecule has 1 aromatic heterocycles. The molecule has 0 saturated carbocycles. The molecule has 2 heterocycles. The third-order valence-electron chi connectivity index (χ3n) is 4.89. The number of rotatable bonds is 6. The summed E-state index contributed by atoms with van der Waals surface area (Å²) in [5.74, 6) is 1.35. The van der Waals surface area contributed by atoms with Gasteiger partial charge in [-0.25, -0.2) is 8.42 Å². The van der Waals surface area contributed by atoms with Crippen molar-refractivity contribution in [2.75, 3.05) is 42.3 Å². The molecule has 3 rings (SSSR count). The van der Waals surface area contributed by atoms with Gasteiger partial charge in [0.2, 0.25) is 0 Å². The van der Waals surface area contributed by atoms with Gasteiger partial charge in [-0.2, -0.15) is 0 Å². The molecule has 0 amide bonds. The van der Waals surface area contributed by atoms with Crippen LogP contribution < -0.4 is 9.62 Å². The summed E-state index contributed by atoms with van der Waals surface area (Å²) in [7, 11) is -3.68. The normalized spacial score (nSPS) is 15.9. The Morgan fingerprint density at radius 1 is 1.00 bits per heavy atom. The molecule has 0 radical (unpaired) electrons. The highest BCUT2D eigenvalue weighted by Gasteiger charge is 2.18. The molecule has 7 nitrogen and oxygen atoms in total. The van der Waals surface area contributed by atoms with E-state index < -0.39 is 10.0 Å². The van der Waals surface area contributed by atoms with Crippen LogP contribution in [0.1, 0.15) is 32.3 Å². The molecule has 8 heteroatoms. The molecule has 0 aliphatic carbocycles. The molecular formula is C19H27N5O2S. The van der Waals surface area contributed by atoms with Crippen LogP contribution in [0.2, 0.25) is 0 Å². The number of hydrogen-bond donors (Lipinski definition) is 1. The smallest absolute Gasteiger partial charge is 0.263 e. The highest BCUT2D eigenvalue weighted by atomic mass is 32.2. The van der Waals surface area contributed by atoms with Crippen molar-refractivity contribution in [2.45, 2.75) is 31.6 Å². The van der Waals surface area contributed by atoms with Crippen LogP contribution in [-0.4, -0.2) is 56.2 Å². The highest BCUT2D eigenvalue weighted by Crippen LogP contribution is 2.20.